The first-order chi connectivity index (χ1) is 10.1. The minimum atomic E-state index is -0.800. The summed E-state index contributed by atoms with van der Waals surface area (Å²) >= 11 is 0. The maximum Gasteiger partial charge on any atom is 0.303 e. The Morgan fingerprint density at radius 3 is 2.95 bits per heavy atom. The molecule has 0 bridgehead atoms. The van der Waals surface area contributed by atoms with Crippen molar-refractivity contribution in [1.29, 1.82) is 0 Å². The third kappa shape index (κ3) is 2.44. The molecule has 0 radical (unpaired) electrons. The molecule has 1 aromatic carbocycles. The summed E-state index contributed by atoms with van der Waals surface area (Å²) in [5.74, 6) is -1.14. The third-order valence-corrected chi connectivity index (χ3v) is 4.08. The summed E-state index contributed by atoms with van der Waals surface area (Å²) in [6, 6.07) is 6.54. The van der Waals surface area contributed by atoms with E-state index in [1.54, 1.807) is 22.9 Å². The average Bonchev–Trinajstić information content (AvgIpc) is 2.77. The number of aryl methyl sites for hydroxylation is 1. The van der Waals surface area contributed by atoms with Crippen molar-refractivity contribution < 1.29 is 14.3 Å². The Hall–Kier alpha value is -2.17. The Bertz CT molecular complexity index is 694. The summed E-state index contributed by atoms with van der Waals surface area (Å²) in [4.78, 5) is 11.0. The van der Waals surface area contributed by atoms with Gasteiger partial charge in [0.15, 0.2) is 0 Å². The van der Waals surface area contributed by atoms with Crippen LogP contribution in [0.5, 0.6) is 0 Å². The Balaban J connectivity index is 2.10. The van der Waals surface area contributed by atoms with Gasteiger partial charge in [-0.25, -0.2) is 9.07 Å². The molecular weight excluding hydrogens is 271 g/mol. The number of carboxylic acid groups (broad SMARTS) is 1. The Morgan fingerprint density at radius 1 is 1.48 bits per heavy atom. The molecule has 0 fully saturated rings. The van der Waals surface area contributed by atoms with Gasteiger partial charge in [-0.1, -0.05) is 12.1 Å². The normalized spacial score (nSPS) is 17.5. The van der Waals surface area contributed by atoms with Crippen LogP contribution in [-0.4, -0.2) is 20.9 Å². The molecule has 1 aliphatic carbocycles. The highest BCUT2D eigenvalue weighted by Crippen LogP contribution is 2.37. The standard InChI is InChI=1S/C16H17FN2O2/c1-10-16-11(9-15(20)21)5-4-8-14(16)19(18-10)13-7-3-2-6-12(13)17/h2-3,6-7,11H,4-5,8-9H2,1H3,(H,20,21). The van der Waals surface area contributed by atoms with Crippen LogP contribution in [0.2, 0.25) is 0 Å². The summed E-state index contributed by atoms with van der Waals surface area (Å²) in [5.41, 5.74) is 3.18. The van der Waals surface area contributed by atoms with Crippen molar-refractivity contribution in [2.75, 3.05) is 0 Å². The first kappa shape index (κ1) is 13.8. The number of rotatable bonds is 3. The molecule has 0 amide bonds. The average molecular weight is 288 g/mol. The predicted octanol–water partition coefficient (Wildman–Crippen LogP) is 3.21. The molecule has 110 valence electrons. The second-order valence-electron chi connectivity index (χ2n) is 5.50. The van der Waals surface area contributed by atoms with Crippen molar-refractivity contribution in [3.63, 3.8) is 0 Å². The van der Waals surface area contributed by atoms with Gasteiger partial charge in [-0.2, -0.15) is 5.10 Å². The largest absolute Gasteiger partial charge is 0.481 e. The summed E-state index contributed by atoms with van der Waals surface area (Å²) in [6.07, 6.45) is 2.67. The van der Waals surface area contributed by atoms with Crippen LogP contribution >= 0.6 is 0 Å². The van der Waals surface area contributed by atoms with E-state index in [0.29, 0.717) is 5.69 Å². The molecule has 0 saturated carbocycles. The number of aromatic nitrogens is 2. The lowest BCUT2D eigenvalue weighted by molar-refractivity contribution is -0.137. The van der Waals surface area contributed by atoms with Crippen molar-refractivity contribution in [3.05, 3.63) is 47.0 Å². The van der Waals surface area contributed by atoms with Crippen LogP contribution in [0.1, 0.15) is 42.1 Å². The quantitative estimate of drug-likeness (QED) is 0.943. The molecule has 0 aliphatic heterocycles. The second-order valence-corrected chi connectivity index (χ2v) is 5.50. The van der Waals surface area contributed by atoms with Crippen molar-refractivity contribution in [3.8, 4) is 5.69 Å². The van der Waals surface area contributed by atoms with Gasteiger partial charge >= 0.3 is 5.97 Å². The molecule has 3 rings (SSSR count). The zero-order valence-corrected chi connectivity index (χ0v) is 11.8. The molecule has 1 aliphatic rings. The summed E-state index contributed by atoms with van der Waals surface area (Å²) in [6.45, 7) is 1.87. The smallest absolute Gasteiger partial charge is 0.303 e. The van der Waals surface area contributed by atoms with Crippen molar-refractivity contribution in [2.45, 2.75) is 38.5 Å². The highest BCUT2D eigenvalue weighted by atomic mass is 19.1. The molecule has 1 N–H and O–H groups in total. The Labute approximate surface area is 122 Å². The molecule has 1 aromatic heterocycles. The van der Waals surface area contributed by atoms with Gasteiger partial charge in [0.05, 0.1) is 12.1 Å². The van der Waals surface area contributed by atoms with Gasteiger partial charge in [-0.05, 0) is 44.2 Å². The molecule has 5 heteroatoms. The van der Waals surface area contributed by atoms with Crippen LogP contribution in [0, 0.1) is 12.7 Å². The Kier molecular flexibility index (Phi) is 3.49. The molecule has 1 heterocycles. The Morgan fingerprint density at radius 2 is 2.24 bits per heavy atom. The summed E-state index contributed by atoms with van der Waals surface area (Å²) < 4.78 is 15.7. The highest BCUT2D eigenvalue weighted by Gasteiger charge is 2.29. The first-order valence-electron chi connectivity index (χ1n) is 7.13. The molecule has 4 nitrogen and oxygen atoms in total. The third-order valence-electron chi connectivity index (χ3n) is 4.08. The number of halogens is 1. The fourth-order valence-electron chi connectivity index (χ4n) is 3.26. The number of carboxylic acids is 1. The minimum Gasteiger partial charge on any atom is -0.481 e. The van der Waals surface area contributed by atoms with Crippen LogP contribution in [-0.2, 0) is 11.2 Å². The van der Waals surface area contributed by atoms with Gasteiger partial charge in [0.2, 0.25) is 0 Å². The van der Waals surface area contributed by atoms with E-state index < -0.39 is 5.97 Å². The van der Waals surface area contributed by atoms with E-state index in [1.807, 2.05) is 6.92 Å². The topological polar surface area (TPSA) is 55.1 Å². The molecule has 21 heavy (non-hydrogen) atoms. The van der Waals surface area contributed by atoms with Crippen molar-refractivity contribution in [2.24, 2.45) is 0 Å². The van der Waals surface area contributed by atoms with Gasteiger partial charge in [0.1, 0.15) is 11.5 Å². The van der Waals surface area contributed by atoms with Crippen LogP contribution in [0.25, 0.3) is 5.69 Å². The lowest BCUT2D eigenvalue weighted by Crippen LogP contribution is -2.15. The van der Waals surface area contributed by atoms with Crippen molar-refractivity contribution >= 4 is 5.97 Å². The molecule has 0 spiro atoms. The number of nitrogens with zero attached hydrogens (tertiary/aromatic N) is 2. The van der Waals surface area contributed by atoms with Gasteiger partial charge in [0, 0.05) is 11.3 Å². The second kappa shape index (κ2) is 5.31. The van der Waals surface area contributed by atoms with E-state index in [4.69, 9.17) is 5.11 Å². The number of para-hydroxylation sites is 1. The predicted molar refractivity (Wildman–Crippen MR) is 76.2 cm³/mol. The van der Waals surface area contributed by atoms with Crippen molar-refractivity contribution in [1.82, 2.24) is 9.78 Å². The zero-order valence-electron chi connectivity index (χ0n) is 11.8. The number of hydrogen-bond donors (Lipinski definition) is 1. The van der Waals surface area contributed by atoms with Gasteiger partial charge in [0.25, 0.3) is 0 Å². The van der Waals surface area contributed by atoms with E-state index in [-0.39, 0.29) is 18.2 Å². The van der Waals surface area contributed by atoms with E-state index in [2.05, 4.69) is 5.10 Å². The summed E-state index contributed by atoms with van der Waals surface area (Å²) in [7, 11) is 0. The van der Waals surface area contributed by atoms with E-state index in [9.17, 15) is 9.18 Å². The van der Waals surface area contributed by atoms with Crippen LogP contribution < -0.4 is 0 Å². The minimum absolute atomic E-state index is 0.0215. The van der Waals surface area contributed by atoms with Crippen LogP contribution in [0.15, 0.2) is 24.3 Å². The van der Waals surface area contributed by atoms with Crippen LogP contribution in [0.4, 0.5) is 4.39 Å². The number of aliphatic carboxylic acids is 1. The fourth-order valence-corrected chi connectivity index (χ4v) is 3.26. The fraction of sp³-hybridized carbons (Fsp3) is 0.375. The SMILES string of the molecule is Cc1nn(-c2ccccc2F)c2c1C(CC(=O)O)CCC2. The van der Waals surface area contributed by atoms with Gasteiger partial charge in [-0.15, -0.1) is 0 Å². The first-order valence-corrected chi connectivity index (χ1v) is 7.13. The lowest BCUT2D eigenvalue weighted by Gasteiger charge is -2.22. The number of carbonyl (C=O) groups is 1. The van der Waals surface area contributed by atoms with E-state index in [0.717, 1.165) is 36.2 Å². The van der Waals surface area contributed by atoms with Crippen LogP contribution in [0.3, 0.4) is 0 Å². The molecule has 1 atom stereocenters. The number of fused-ring (bicyclic) bond motifs is 1. The van der Waals surface area contributed by atoms with Gasteiger partial charge in [-0.3, -0.25) is 4.79 Å². The lowest BCUT2D eigenvalue weighted by atomic mass is 9.83. The van der Waals surface area contributed by atoms with E-state index >= 15 is 0 Å². The molecule has 0 saturated heterocycles. The van der Waals surface area contributed by atoms with E-state index in [1.165, 1.54) is 6.07 Å². The number of benzene rings is 1. The molecule has 1 unspecified atom stereocenters. The monoisotopic (exact) mass is 288 g/mol. The number of hydrogen-bond acceptors (Lipinski definition) is 2. The maximum absolute atomic E-state index is 14.0. The summed E-state index contributed by atoms with van der Waals surface area (Å²) in [5, 5.41) is 13.5. The zero-order chi connectivity index (χ0) is 15.0. The molecule has 2 aromatic rings. The maximum atomic E-state index is 14.0. The van der Waals surface area contributed by atoms with Gasteiger partial charge < -0.3 is 5.11 Å². The molecular formula is C16H17FN2O2. The highest BCUT2D eigenvalue weighted by molar-refractivity contribution is 5.68.